The molecule has 3 heteroatoms. The Hall–Kier alpha value is -1.97. The van der Waals surface area contributed by atoms with Crippen LogP contribution in [0.15, 0.2) is 54.6 Å². The van der Waals surface area contributed by atoms with Gasteiger partial charge in [0.1, 0.15) is 0 Å². The third-order valence-electron chi connectivity index (χ3n) is 4.50. The molecule has 1 N–H and O–H groups in total. The molecular weight excluding hydrogens is 284 g/mol. The van der Waals surface area contributed by atoms with Crippen molar-refractivity contribution in [1.29, 1.82) is 0 Å². The largest absolute Gasteiger partial charge is 0.314 e. The highest BCUT2D eigenvalue weighted by Crippen LogP contribution is 2.20. The summed E-state index contributed by atoms with van der Waals surface area (Å²) in [5.74, 6) is 0.526. The maximum Gasteiger partial charge on any atom is 0.193 e. The second-order valence-electron chi connectivity index (χ2n) is 6.27. The molecule has 2 aromatic rings. The van der Waals surface area contributed by atoms with Crippen LogP contribution in [-0.2, 0) is 0 Å². The Labute approximate surface area is 138 Å². The normalized spacial score (nSPS) is 16.9. The fourth-order valence-electron chi connectivity index (χ4n) is 3.13. The van der Waals surface area contributed by atoms with Crippen molar-refractivity contribution >= 4 is 5.78 Å². The molecule has 0 bridgehead atoms. The van der Waals surface area contributed by atoms with Gasteiger partial charge < -0.3 is 10.2 Å². The average Bonchev–Trinajstić information content (AvgIpc) is 2.63. The van der Waals surface area contributed by atoms with Crippen LogP contribution in [0, 0.1) is 0 Å². The van der Waals surface area contributed by atoms with Crippen LogP contribution in [0.4, 0.5) is 0 Å². The quantitative estimate of drug-likeness (QED) is 0.862. The van der Waals surface area contributed by atoms with Gasteiger partial charge in [-0.05, 0) is 17.5 Å². The van der Waals surface area contributed by atoms with E-state index in [-0.39, 0.29) is 5.78 Å². The van der Waals surface area contributed by atoms with E-state index in [1.165, 1.54) is 5.56 Å². The van der Waals surface area contributed by atoms with Gasteiger partial charge in [0.05, 0.1) is 0 Å². The fourth-order valence-corrected chi connectivity index (χ4v) is 3.13. The summed E-state index contributed by atoms with van der Waals surface area (Å²) in [4.78, 5) is 15.1. The van der Waals surface area contributed by atoms with Gasteiger partial charge in [-0.25, -0.2) is 0 Å². The Bertz CT molecular complexity index is 648. The summed E-state index contributed by atoms with van der Waals surface area (Å²) >= 11 is 0. The molecular formula is C20H24N2O. The third-order valence-corrected chi connectivity index (χ3v) is 4.50. The zero-order valence-corrected chi connectivity index (χ0v) is 13.7. The van der Waals surface area contributed by atoms with Crippen LogP contribution in [0.3, 0.4) is 0 Å². The highest BCUT2D eigenvalue weighted by atomic mass is 16.1. The number of hydrogen-bond acceptors (Lipinski definition) is 3. The number of rotatable bonds is 5. The second-order valence-corrected chi connectivity index (χ2v) is 6.27. The van der Waals surface area contributed by atoms with E-state index >= 15 is 0 Å². The van der Waals surface area contributed by atoms with Gasteiger partial charge >= 0.3 is 0 Å². The van der Waals surface area contributed by atoms with Crippen molar-refractivity contribution in [2.45, 2.75) is 12.8 Å². The van der Waals surface area contributed by atoms with Crippen molar-refractivity contribution in [3.05, 3.63) is 71.3 Å². The predicted octanol–water partition coefficient (Wildman–Crippen LogP) is 2.93. The lowest BCUT2D eigenvalue weighted by Crippen LogP contribution is -2.44. The molecule has 2 aromatic carbocycles. The number of carbonyl (C=O) groups excluding carboxylic acids is 1. The Morgan fingerprint density at radius 1 is 1.04 bits per heavy atom. The van der Waals surface area contributed by atoms with E-state index in [2.05, 4.69) is 29.3 Å². The lowest BCUT2D eigenvalue weighted by Gasteiger charge is -2.29. The van der Waals surface area contributed by atoms with E-state index in [0.717, 1.165) is 43.9 Å². The minimum Gasteiger partial charge on any atom is -0.314 e. The van der Waals surface area contributed by atoms with Crippen LogP contribution in [-0.4, -0.2) is 43.4 Å². The summed E-state index contributed by atoms with van der Waals surface area (Å²) in [5, 5.41) is 3.38. The summed E-state index contributed by atoms with van der Waals surface area (Å²) in [6, 6.07) is 17.6. The van der Waals surface area contributed by atoms with E-state index < -0.39 is 0 Å². The summed E-state index contributed by atoms with van der Waals surface area (Å²) < 4.78 is 0. The number of nitrogens with zero attached hydrogens (tertiary/aromatic N) is 1. The zero-order chi connectivity index (χ0) is 16.1. The first-order valence-corrected chi connectivity index (χ1v) is 8.37. The lowest BCUT2D eigenvalue weighted by atomic mass is 9.95. The Morgan fingerprint density at radius 3 is 2.48 bits per heavy atom. The van der Waals surface area contributed by atoms with Crippen molar-refractivity contribution in [3.63, 3.8) is 0 Å². The molecule has 1 atom stereocenters. The summed E-state index contributed by atoms with van der Waals surface area (Å²) in [7, 11) is 0. The molecule has 1 saturated heterocycles. The molecule has 3 nitrogen and oxygen atoms in total. The number of nitrogens with one attached hydrogen (secondary N) is 1. The number of carbonyl (C=O) groups is 1. The summed E-state index contributed by atoms with van der Waals surface area (Å²) in [6.07, 6.45) is 0. The topological polar surface area (TPSA) is 32.3 Å². The van der Waals surface area contributed by atoms with E-state index in [1.807, 2.05) is 42.5 Å². The average molecular weight is 308 g/mol. The first-order chi connectivity index (χ1) is 11.2. The summed E-state index contributed by atoms with van der Waals surface area (Å²) in [6.45, 7) is 7.64. The molecule has 0 aromatic heterocycles. The van der Waals surface area contributed by atoms with Crippen molar-refractivity contribution in [2.75, 3.05) is 32.7 Å². The van der Waals surface area contributed by atoms with Gasteiger partial charge in [0.25, 0.3) is 0 Å². The van der Waals surface area contributed by atoms with Crippen molar-refractivity contribution in [2.24, 2.45) is 0 Å². The molecule has 0 radical (unpaired) electrons. The van der Waals surface area contributed by atoms with Gasteiger partial charge in [0, 0.05) is 43.9 Å². The molecule has 1 heterocycles. The molecule has 0 spiro atoms. The van der Waals surface area contributed by atoms with Gasteiger partial charge in [0.2, 0.25) is 0 Å². The minimum atomic E-state index is 0.0989. The van der Waals surface area contributed by atoms with Crippen LogP contribution < -0.4 is 5.32 Å². The van der Waals surface area contributed by atoms with Gasteiger partial charge in [-0.15, -0.1) is 0 Å². The summed E-state index contributed by atoms with van der Waals surface area (Å²) in [5.41, 5.74) is 2.77. The molecule has 0 amide bonds. The molecule has 1 unspecified atom stereocenters. The van der Waals surface area contributed by atoms with Crippen LogP contribution in [0.5, 0.6) is 0 Å². The van der Waals surface area contributed by atoms with E-state index in [9.17, 15) is 4.79 Å². The molecule has 0 saturated carbocycles. The van der Waals surface area contributed by atoms with Crippen molar-refractivity contribution in [1.82, 2.24) is 10.2 Å². The Kier molecular flexibility index (Phi) is 5.21. The molecule has 1 aliphatic heterocycles. The highest BCUT2D eigenvalue weighted by molar-refractivity contribution is 6.09. The van der Waals surface area contributed by atoms with Gasteiger partial charge in [-0.2, -0.15) is 0 Å². The maximum atomic E-state index is 12.6. The van der Waals surface area contributed by atoms with Crippen LogP contribution in [0.1, 0.15) is 34.3 Å². The monoisotopic (exact) mass is 308 g/mol. The predicted molar refractivity (Wildman–Crippen MR) is 94.0 cm³/mol. The van der Waals surface area contributed by atoms with Gasteiger partial charge in [-0.1, -0.05) is 55.5 Å². The molecule has 0 aliphatic carbocycles. The van der Waals surface area contributed by atoms with Gasteiger partial charge in [0.15, 0.2) is 5.78 Å². The van der Waals surface area contributed by atoms with E-state index in [0.29, 0.717) is 5.92 Å². The van der Waals surface area contributed by atoms with Crippen LogP contribution in [0.2, 0.25) is 0 Å². The number of benzene rings is 2. The van der Waals surface area contributed by atoms with Crippen LogP contribution in [0.25, 0.3) is 0 Å². The van der Waals surface area contributed by atoms with Crippen molar-refractivity contribution in [3.8, 4) is 0 Å². The van der Waals surface area contributed by atoms with Crippen LogP contribution >= 0.6 is 0 Å². The second kappa shape index (κ2) is 7.53. The molecule has 23 heavy (non-hydrogen) atoms. The molecule has 1 aliphatic rings. The van der Waals surface area contributed by atoms with Crippen molar-refractivity contribution < 1.29 is 4.79 Å². The number of piperazine rings is 1. The fraction of sp³-hybridized carbons (Fsp3) is 0.350. The first kappa shape index (κ1) is 15.9. The van der Waals surface area contributed by atoms with E-state index in [4.69, 9.17) is 0 Å². The first-order valence-electron chi connectivity index (χ1n) is 8.37. The maximum absolute atomic E-state index is 12.6. The highest BCUT2D eigenvalue weighted by Gasteiger charge is 2.16. The third kappa shape index (κ3) is 4.06. The molecule has 120 valence electrons. The molecule has 1 fully saturated rings. The standard InChI is InChI=1S/C20H24N2O/c1-16(15-22-12-10-21-11-13-22)18-8-5-9-19(14-18)20(23)17-6-3-2-4-7-17/h2-9,14,16,21H,10-13,15H2,1H3. The molecule has 3 rings (SSSR count). The number of ketones is 1. The Balaban J connectivity index is 1.72. The Morgan fingerprint density at radius 2 is 1.74 bits per heavy atom. The minimum absolute atomic E-state index is 0.0989. The SMILES string of the molecule is CC(CN1CCNCC1)c1cccc(C(=O)c2ccccc2)c1. The van der Waals surface area contributed by atoms with Gasteiger partial charge in [-0.3, -0.25) is 4.79 Å². The van der Waals surface area contributed by atoms with E-state index in [1.54, 1.807) is 0 Å². The lowest BCUT2D eigenvalue weighted by molar-refractivity contribution is 0.103. The smallest absolute Gasteiger partial charge is 0.193 e. The number of hydrogen-bond donors (Lipinski definition) is 1. The zero-order valence-electron chi connectivity index (χ0n) is 13.7.